The van der Waals surface area contributed by atoms with Crippen molar-refractivity contribution in [2.75, 3.05) is 0 Å². The normalized spacial score (nSPS) is 14.3. The standard InChI is InChI=1S/C15H19N3O3S2/c1-12-5-7-14(8-6-12)23(20,21)18-10-13(16-11-18)9-17-22(19)15(2,3)4/h5-11H,1-4H3/b17-9+. The van der Waals surface area contributed by atoms with Gasteiger partial charge in [0.05, 0.1) is 4.90 Å². The number of hydrogen-bond acceptors (Lipinski definition) is 5. The van der Waals surface area contributed by atoms with Crippen LogP contribution in [0.2, 0.25) is 0 Å². The average molecular weight is 353 g/mol. The minimum absolute atomic E-state index is 0.183. The average Bonchev–Trinajstić information content (AvgIpc) is 2.93. The van der Waals surface area contributed by atoms with Crippen LogP contribution in [0.5, 0.6) is 0 Å². The van der Waals surface area contributed by atoms with Gasteiger partial charge in [-0.25, -0.2) is 17.4 Å². The van der Waals surface area contributed by atoms with Crippen molar-refractivity contribution in [3.05, 3.63) is 48.0 Å². The molecule has 1 aromatic heterocycles. The lowest BCUT2D eigenvalue weighted by molar-refractivity contribution is 0.561. The highest BCUT2D eigenvalue weighted by Gasteiger charge is 2.26. The zero-order chi connectivity index (χ0) is 17.3. The van der Waals surface area contributed by atoms with Gasteiger partial charge in [-0.1, -0.05) is 22.1 Å². The molecule has 2 aromatic rings. The van der Waals surface area contributed by atoms with Gasteiger partial charge in [-0.15, -0.1) is 0 Å². The maximum Gasteiger partial charge on any atom is 0.268 e. The van der Waals surface area contributed by atoms with Gasteiger partial charge in [-0.3, -0.25) is 0 Å². The number of nitrogens with zero attached hydrogens (tertiary/aromatic N) is 3. The Hall–Kier alpha value is -1.64. The van der Waals surface area contributed by atoms with Crippen molar-refractivity contribution in [1.29, 1.82) is 0 Å². The van der Waals surface area contributed by atoms with Gasteiger partial charge >= 0.3 is 0 Å². The van der Waals surface area contributed by atoms with Gasteiger partial charge in [0, 0.05) is 6.20 Å². The van der Waals surface area contributed by atoms with E-state index in [1.807, 2.05) is 6.92 Å². The summed E-state index contributed by atoms with van der Waals surface area (Å²) in [7, 11) is -3.69. The third-order valence-corrected chi connectivity index (χ3v) is 5.95. The summed E-state index contributed by atoms with van der Waals surface area (Å²) in [4.78, 5) is 4.16. The van der Waals surface area contributed by atoms with Gasteiger partial charge < -0.3 is 4.55 Å². The Kier molecular flexibility index (Phi) is 4.98. The molecule has 0 radical (unpaired) electrons. The van der Waals surface area contributed by atoms with Crippen molar-refractivity contribution < 1.29 is 13.0 Å². The van der Waals surface area contributed by atoms with E-state index < -0.39 is 26.1 Å². The Bertz CT molecular complexity index is 803. The zero-order valence-corrected chi connectivity index (χ0v) is 15.1. The van der Waals surface area contributed by atoms with Crippen LogP contribution in [0.15, 0.2) is 46.1 Å². The summed E-state index contributed by atoms with van der Waals surface area (Å²) in [5.74, 6) is 0. The van der Waals surface area contributed by atoms with Crippen molar-refractivity contribution in [3.63, 3.8) is 0 Å². The van der Waals surface area contributed by atoms with Gasteiger partial charge in [0.15, 0.2) is 0 Å². The predicted octanol–water partition coefficient (Wildman–Crippen LogP) is 2.31. The first kappa shape index (κ1) is 17.7. The first-order chi connectivity index (χ1) is 10.6. The van der Waals surface area contributed by atoms with E-state index in [0.717, 1.165) is 9.54 Å². The van der Waals surface area contributed by atoms with Crippen LogP contribution < -0.4 is 0 Å². The van der Waals surface area contributed by atoms with Crippen molar-refractivity contribution in [2.24, 2.45) is 4.40 Å². The minimum atomic E-state index is -3.69. The van der Waals surface area contributed by atoms with E-state index in [4.69, 9.17) is 0 Å². The Morgan fingerprint density at radius 3 is 2.43 bits per heavy atom. The molecule has 1 unspecified atom stereocenters. The largest absolute Gasteiger partial charge is 0.591 e. The SMILES string of the molecule is Cc1ccc(S(=O)(=O)n2cnc(/C=N/[S+]([O-])C(C)(C)C)c2)cc1. The lowest BCUT2D eigenvalue weighted by Crippen LogP contribution is -2.25. The third kappa shape index (κ3) is 4.21. The van der Waals surface area contributed by atoms with Crippen molar-refractivity contribution in [2.45, 2.75) is 37.3 Å². The number of rotatable bonds is 4. The Morgan fingerprint density at radius 2 is 1.87 bits per heavy atom. The molecule has 8 heteroatoms. The number of aryl methyl sites for hydroxylation is 1. The fourth-order valence-electron chi connectivity index (χ4n) is 1.61. The molecule has 0 saturated carbocycles. The van der Waals surface area contributed by atoms with Gasteiger partial charge in [0.1, 0.15) is 34.3 Å². The summed E-state index contributed by atoms with van der Waals surface area (Å²) in [5.41, 5.74) is 1.31. The molecule has 23 heavy (non-hydrogen) atoms. The van der Waals surface area contributed by atoms with E-state index in [9.17, 15) is 13.0 Å². The Labute approximate surface area is 139 Å². The highest BCUT2D eigenvalue weighted by atomic mass is 32.2. The molecule has 0 saturated heterocycles. The smallest absolute Gasteiger partial charge is 0.268 e. The summed E-state index contributed by atoms with van der Waals surface area (Å²) in [6.07, 6.45) is 3.87. The third-order valence-electron chi connectivity index (χ3n) is 2.98. The summed E-state index contributed by atoms with van der Waals surface area (Å²) < 4.78 is 41.3. The van der Waals surface area contributed by atoms with Crippen LogP contribution in [-0.4, -0.2) is 32.9 Å². The quantitative estimate of drug-likeness (QED) is 0.623. The van der Waals surface area contributed by atoms with Crippen LogP contribution in [0.25, 0.3) is 0 Å². The molecule has 0 aliphatic heterocycles. The highest BCUT2D eigenvalue weighted by Crippen LogP contribution is 2.17. The molecular formula is C15H19N3O3S2. The molecule has 0 bridgehead atoms. The lowest BCUT2D eigenvalue weighted by atomic mass is 10.2. The number of imidazole rings is 1. The van der Waals surface area contributed by atoms with Crippen LogP contribution in [-0.2, 0) is 21.4 Å². The highest BCUT2D eigenvalue weighted by molar-refractivity contribution is 7.91. The molecule has 1 aromatic carbocycles. The summed E-state index contributed by atoms with van der Waals surface area (Å²) in [5, 5.41) is 0. The Balaban J connectivity index is 2.25. The van der Waals surface area contributed by atoms with E-state index in [2.05, 4.69) is 9.38 Å². The molecule has 0 fully saturated rings. The zero-order valence-electron chi connectivity index (χ0n) is 13.4. The van der Waals surface area contributed by atoms with Gasteiger partial charge in [-0.05, 0) is 39.8 Å². The second-order valence-electron chi connectivity index (χ2n) is 6.04. The second-order valence-corrected chi connectivity index (χ2v) is 9.82. The molecule has 2 rings (SSSR count). The second kappa shape index (κ2) is 6.46. The predicted molar refractivity (Wildman–Crippen MR) is 91.5 cm³/mol. The van der Waals surface area contributed by atoms with Crippen LogP contribution in [0.4, 0.5) is 0 Å². The fraction of sp³-hybridized carbons (Fsp3) is 0.333. The van der Waals surface area contributed by atoms with Crippen LogP contribution in [0.3, 0.4) is 0 Å². The first-order valence-corrected chi connectivity index (χ1v) is 9.48. The molecule has 0 N–H and O–H groups in total. The molecule has 0 amide bonds. The van der Waals surface area contributed by atoms with Crippen molar-refractivity contribution in [1.82, 2.24) is 8.96 Å². The van der Waals surface area contributed by atoms with E-state index in [1.54, 1.807) is 45.0 Å². The number of hydrogen-bond donors (Lipinski definition) is 0. The molecule has 0 spiro atoms. The topological polar surface area (TPSA) is 87.4 Å². The maximum absolute atomic E-state index is 12.5. The molecular weight excluding hydrogens is 334 g/mol. The summed E-state index contributed by atoms with van der Waals surface area (Å²) in [6.45, 7) is 7.31. The Morgan fingerprint density at radius 1 is 1.26 bits per heavy atom. The van der Waals surface area contributed by atoms with Gasteiger partial charge in [0.2, 0.25) is 0 Å². The van der Waals surface area contributed by atoms with E-state index in [0.29, 0.717) is 5.69 Å². The van der Waals surface area contributed by atoms with E-state index >= 15 is 0 Å². The van der Waals surface area contributed by atoms with Crippen LogP contribution in [0, 0.1) is 6.92 Å². The minimum Gasteiger partial charge on any atom is -0.591 e. The molecule has 0 aliphatic rings. The van der Waals surface area contributed by atoms with E-state index in [1.165, 1.54) is 18.7 Å². The van der Waals surface area contributed by atoms with Crippen molar-refractivity contribution in [3.8, 4) is 0 Å². The lowest BCUT2D eigenvalue weighted by Gasteiger charge is -2.17. The van der Waals surface area contributed by atoms with Gasteiger partial charge in [0.25, 0.3) is 10.0 Å². The molecule has 124 valence electrons. The number of benzene rings is 1. The molecule has 1 atom stereocenters. The summed E-state index contributed by atoms with van der Waals surface area (Å²) >= 11 is -1.42. The maximum atomic E-state index is 12.5. The fourth-order valence-corrected chi connectivity index (χ4v) is 3.27. The molecule has 1 heterocycles. The van der Waals surface area contributed by atoms with Crippen molar-refractivity contribution >= 4 is 27.6 Å². The number of aromatic nitrogens is 2. The first-order valence-electron chi connectivity index (χ1n) is 6.93. The van der Waals surface area contributed by atoms with Crippen LogP contribution >= 0.6 is 0 Å². The summed E-state index contributed by atoms with van der Waals surface area (Å²) in [6, 6.07) is 6.57. The van der Waals surface area contributed by atoms with Crippen LogP contribution in [0.1, 0.15) is 32.0 Å². The molecule has 6 nitrogen and oxygen atoms in total. The van der Waals surface area contributed by atoms with E-state index in [-0.39, 0.29) is 4.90 Å². The molecule has 0 aliphatic carbocycles. The van der Waals surface area contributed by atoms with Gasteiger partial charge in [-0.2, -0.15) is 0 Å². The monoisotopic (exact) mass is 353 g/mol.